The number of rotatable bonds is 2. The highest BCUT2D eigenvalue weighted by molar-refractivity contribution is 6.16. The first kappa shape index (κ1) is 10.2. The number of carbonyl (C=O) groups excluding carboxylic acids is 1. The maximum atomic E-state index is 12.6. The van der Waals surface area contributed by atoms with E-state index in [0.717, 1.165) is 0 Å². The molecule has 0 aromatic heterocycles. The maximum absolute atomic E-state index is 12.6. The van der Waals surface area contributed by atoms with Crippen LogP contribution >= 0.6 is 0 Å². The van der Waals surface area contributed by atoms with E-state index >= 15 is 0 Å². The van der Waals surface area contributed by atoms with Crippen molar-refractivity contribution in [1.82, 2.24) is 0 Å². The first-order chi connectivity index (χ1) is 6.69. The van der Waals surface area contributed by atoms with Gasteiger partial charge in [0, 0.05) is 0 Å². The molecule has 2 nitrogen and oxygen atoms in total. The fourth-order valence-corrected chi connectivity index (χ4v) is 1.01. The third-order valence-corrected chi connectivity index (χ3v) is 1.70. The lowest BCUT2D eigenvalue weighted by atomic mass is 10.1. The molecule has 0 aliphatic rings. The third kappa shape index (κ3) is 2.09. The van der Waals surface area contributed by atoms with E-state index in [1.165, 1.54) is 31.4 Å². The zero-order chi connectivity index (χ0) is 10.6. The number of esters is 1. The first-order valence-electron chi connectivity index (χ1n) is 3.93. The normalized spacial score (nSPS) is 9.00. The van der Waals surface area contributed by atoms with Crippen molar-refractivity contribution in [1.29, 1.82) is 0 Å². The van der Waals surface area contributed by atoms with Crippen molar-refractivity contribution in [2.75, 3.05) is 7.11 Å². The molecule has 3 heteroatoms. The lowest BCUT2D eigenvalue weighted by molar-refractivity contribution is -0.133. The molecule has 14 heavy (non-hydrogen) atoms. The van der Waals surface area contributed by atoms with Gasteiger partial charge in [-0.25, -0.2) is 9.18 Å². The van der Waals surface area contributed by atoms with Crippen molar-refractivity contribution in [2.45, 2.75) is 0 Å². The van der Waals surface area contributed by atoms with Crippen LogP contribution in [0.1, 0.15) is 5.56 Å². The van der Waals surface area contributed by atoms with Crippen LogP contribution in [-0.4, -0.2) is 13.1 Å². The Morgan fingerprint density at radius 3 is 2.43 bits per heavy atom. The van der Waals surface area contributed by atoms with Crippen LogP contribution in [0.5, 0.6) is 0 Å². The molecule has 0 spiro atoms. The summed E-state index contributed by atoms with van der Waals surface area (Å²) in [6, 6.07) is 5.46. The monoisotopic (exact) mass is 192 g/mol. The summed E-state index contributed by atoms with van der Waals surface area (Å²) in [4.78, 5) is 11.2. The minimum Gasteiger partial charge on any atom is -0.465 e. The van der Waals surface area contributed by atoms with Gasteiger partial charge in [0.2, 0.25) is 0 Å². The molecule has 0 bridgehead atoms. The second-order valence-electron chi connectivity index (χ2n) is 2.55. The van der Waals surface area contributed by atoms with Gasteiger partial charge in [0.25, 0.3) is 0 Å². The van der Waals surface area contributed by atoms with Gasteiger partial charge < -0.3 is 4.74 Å². The van der Waals surface area contributed by atoms with E-state index in [9.17, 15) is 9.18 Å². The number of ether oxygens (including phenoxy) is 1. The van der Waals surface area contributed by atoms with Gasteiger partial charge in [-0.15, -0.1) is 5.73 Å². The Hall–Kier alpha value is -1.86. The molecule has 0 heterocycles. The van der Waals surface area contributed by atoms with Gasteiger partial charge in [0.05, 0.1) is 7.11 Å². The zero-order valence-corrected chi connectivity index (χ0v) is 7.71. The number of hydrogen-bond acceptors (Lipinski definition) is 2. The van der Waals surface area contributed by atoms with E-state index in [-0.39, 0.29) is 11.4 Å². The van der Waals surface area contributed by atoms with Gasteiger partial charge in [-0.05, 0) is 17.7 Å². The van der Waals surface area contributed by atoms with Crippen molar-refractivity contribution in [2.24, 2.45) is 0 Å². The van der Waals surface area contributed by atoms with Crippen LogP contribution in [0.4, 0.5) is 4.39 Å². The average molecular weight is 192 g/mol. The number of hydrogen-bond donors (Lipinski definition) is 0. The lowest BCUT2D eigenvalue weighted by Crippen LogP contribution is -2.02. The van der Waals surface area contributed by atoms with Crippen LogP contribution in [0, 0.1) is 5.82 Å². The minimum atomic E-state index is -0.536. The molecule has 1 aromatic rings. The molecule has 0 saturated heterocycles. The summed E-state index contributed by atoms with van der Waals surface area (Å²) in [6.07, 6.45) is 0. The maximum Gasteiger partial charge on any atom is 0.346 e. The fourth-order valence-electron chi connectivity index (χ4n) is 1.01. The molecule has 0 aliphatic carbocycles. The van der Waals surface area contributed by atoms with Crippen molar-refractivity contribution >= 4 is 11.5 Å². The molecular weight excluding hydrogens is 183 g/mol. The van der Waals surface area contributed by atoms with Gasteiger partial charge in [0.1, 0.15) is 11.4 Å². The summed E-state index contributed by atoms with van der Waals surface area (Å²) in [7, 11) is 1.27. The minimum absolute atomic E-state index is 0.201. The average Bonchev–Trinajstić information content (AvgIpc) is 2.21. The van der Waals surface area contributed by atoms with E-state index in [2.05, 4.69) is 17.0 Å². The summed E-state index contributed by atoms with van der Waals surface area (Å²) in [5, 5.41) is 0. The quantitative estimate of drug-likeness (QED) is 0.408. The Kier molecular flexibility index (Phi) is 3.21. The fraction of sp³-hybridized carbons (Fsp3) is 0.0909. The Morgan fingerprint density at radius 1 is 1.43 bits per heavy atom. The van der Waals surface area contributed by atoms with Crippen LogP contribution in [0.15, 0.2) is 36.6 Å². The van der Waals surface area contributed by atoms with Crippen LogP contribution in [0.3, 0.4) is 0 Å². The zero-order valence-electron chi connectivity index (χ0n) is 7.71. The van der Waals surface area contributed by atoms with Crippen LogP contribution < -0.4 is 0 Å². The molecule has 1 rings (SSSR count). The molecule has 0 unspecified atom stereocenters. The topological polar surface area (TPSA) is 26.3 Å². The van der Waals surface area contributed by atoms with Gasteiger partial charge in [-0.1, -0.05) is 18.7 Å². The largest absolute Gasteiger partial charge is 0.465 e. The highest BCUT2D eigenvalue weighted by atomic mass is 19.1. The summed E-state index contributed by atoms with van der Waals surface area (Å²) in [6.45, 7) is 3.37. The van der Waals surface area contributed by atoms with E-state index < -0.39 is 5.97 Å². The molecule has 0 saturated carbocycles. The highest BCUT2D eigenvalue weighted by Gasteiger charge is 2.10. The van der Waals surface area contributed by atoms with Crippen LogP contribution in [-0.2, 0) is 9.53 Å². The summed E-state index contributed by atoms with van der Waals surface area (Å²) >= 11 is 0. The van der Waals surface area contributed by atoms with Gasteiger partial charge >= 0.3 is 5.97 Å². The molecule has 0 N–H and O–H groups in total. The SMILES string of the molecule is C=C=C(C(=O)OC)c1ccc(F)cc1. The second-order valence-corrected chi connectivity index (χ2v) is 2.55. The van der Waals surface area contributed by atoms with Crippen molar-refractivity contribution in [3.63, 3.8) is 0 Å². The van der Waals surface area contributed by atoms with Gasteiger partial charge in [-0.3, -0.25) is 0 Å². The summed E-state index contributed by atoms with van der Waals surface area (Å²) in [5.74, 6) is -0.895. The Bertz CT molecular complexity index is 386. The lowest BCUT2D eigenvalue weighted by Gasteiger charge is -2.02. The number of benzene rings is 1. The van der Waals surface area contributed by atoms with Crippen LogP contribution in [0.2, 0.25) is 0 Å². The van der Waals surface area contributed by atoms with E-state index in [1.807, 2.05) is 0 Å². The first-order valence-corrected chi connectivity index (χ1v) is 3.93. The number of carbonyl (C=O) groups is 1. The molecule has 0 atom stereocenters. The van der Waals surface area contributed by atoms with Gasteiger partial charge in [0.15, 0.2) is 0 Å². The molecule has 72 valence electrons. The molecule has 0 amide bonds. The number of methoxy groups -OCH3 is 1. The second kappa shape index (κ2) is 4.40. The van der Waals surface area contributed by atoms with E-state index in [4.69, 9.17) is 0 Å². The van der Waals surface area contributed by atoms with Crippen LogP contribution in [0.25, 0.3) is 5.57 Å². The summed E-state index contributed by atoms with van der Waals surface area (Å²) < 4.78 is 17.1. The van der Waals surface area contributed by atoms with Crippen molar-refractivity contribution < 1.29 is 13.9 Å². The predicted octanol–water partition coefficient (Wildman–Crippen LogP) is 2.17. The smallest absolute Gasteiger partial charge is 0.346 e. The van der Waals surface area contributed by atoms with Crippen molar-refractivity contribution in [3.8, 4) is 0 Å². The standard InChI is InChI=1S/C11H9FO2/c1-3-10(11(13)14-2)8-4-6-9(12)7-5-8/h4-7H,1H2,2H3. The number of halogens is 1. The third-order valence-electron chi connectivity index (χ3n) is 1.70. The molecule has 0 aliphatic heterocycles. The summed E-state index contributed by atoms with van der Waals surface area (Å²) in [5.41, 5.74) is 3.19. The Labute approximate surface area is 81.3 Å². The predicted molar refractivity (Wildman–Crippen MR) is 51.0 cm³/mol. The molecule has 1 aromatic carbocycles. The molecular formula is C11H9FO2. The Balaban J connectivity index is 3.09. The van der Waals surface area contributed by atoms with Gasteiger partial charge in [-0.2, -0.15) is 0 Å². The molecule has 0 radical (unpaired) electrons. The molecule has 0 fully saturated rings. The van der Waals surface area contributed by atoms with Crippen molar-refractivity contribution in [3.05, 3.63) is 48.0 Å². The Morgan fingerprint density at radius 2 is 2.00 bits per heavy atom. The highest BCUT2D eigenvalue weighted by Crippen LogP contribution is 2.14. The van der Waals surface area contributed by atoms with E-state index in [1.54, 1.807) is 0 Å². The van der Waals surface area contributed by atoms with E-state index in [0.29, 0.717) is 5.56 Å².